The van der Waals surface area contributed by atoms with Crippen LogP contribution in [0, 0.1) is 18.8 Å². The van der Waals surface area contributed by atoms with E-state index >= 15 is 0 Å². The van der Waals surface area contributed by atoms with Gasteiger partial charge in [-0.1, -0.05) is 24.3 Å². The van der Waals surface area contributed by atoms with Crippen LogP contribution in [-0.4, -0.2) is 11.2 Å². The lowest BCUT2D eigenvalue weighted by molar-refractivity contribution is 0.170. The molecule has 1 aromatic carbocycles. The van der Waals surface area contributed by atoms with E-state index in [4.69, 9.17) is 0 Å². The van der Waals surface area contributed by atoms with Crippen LogP contribution in [0.5, 0.6) is 0 Å². The summed E-state index contributed by atoms with van der Waals surface area (Å²) in [6, 6.07) is 8.31. The summed E-state index contributed by atoms with van der Waals surface area (Å²) in [5.74, 6) is 5.70. The summed E-state index contributed by atoms with van der Waals surface area (Å²) in [4.78, 5) is 0. The van der Waals surface area contributed by atoms with Gasteiger partial charge in [-0.05, 0) is 37.8 Å². The van der Waals surface area contributed by atoms with Crippen molar-refractivity contribution >= 4 is 0 Å². The van der Waals surface area contributed by atoms with Gasteiger partial charge in [0, 0.05) is 6.42 Å². The average Bonchev–Trinajstić information content (AvgIpc) is 2.25. The minimum Gasteiger partial charge on any atom is -0.392 e. The maximum atomic E-state index is 9.63. The molecule has 80 valence electrons. The van der Waals surface area contributed by atoms with Gasteiger partial charge in [-0.25, -0.2) is 0 Å². The van der Waals surface area contributed by atoms with Gasteiger partial charge in [-0.15, -0.1) is 11.8 Å². The van der Waals surface area contributed by atoms with Crippen LogP contribution in [0.4, 0.5) is 0 Å². The van der Waals surface area contributed by atoms with Gasteiger partial charge >= 0.3 is 0 Å². The van der Waals surface area contributed by atoms with Gasteiger partial charge in [0.15, 0.2) is 0 Å². The van der Waals surface area contributed by atoms with Gasteiger partial charge in [-0.3, -0.25) is 0 Å². The number of benzene rings is 1. The van der Waals surface area contributed by atoms with Crippen molar-refractivity contribution < 1.29 is 5.11 Å². The van der Waals surface area contributed by atoms with Crippen molar-refractivity contribution in [1.82, 2.24) is 0 Å². The number of aliphatic hydroxyl groups excluding tert-OH is 1. The zero-order valence-corrected chi connectivity index (χ0v) is 9.46. The summed E-state index contributed by atoms with van der Waals surface area (Å²) >= 11 is 0. The highest BCUT2D eigenvalue weighted by molar-refractivity contribution is 5.25. The zero-order valence-electron chi connectivity index (χ0n) is 9.46. The molecule has 0 fully saturated rings. The van der Waals surface area contributed by atoms with E-state index in [1.54, 1.807) is 6.92 Å². The predicted octanol–water partition coefficient (Wildman–Crippen LogP) is 2.70. The first kappa shape index (κ1) is 11.8. The monoisotopic (exact) mass is 202 g/mol. The third-order valence-corrected chi connectivity index (χ3v) is 2.52. The fraction of sp³-hybridized carbons (Fsp3) is 0.429. The lowest BCUT2D eigenvalue weighted by atomic mass is 10.0. The standard InChI is InChI=1S/C14H18O/c1-3-4-9-14(15)11-10-13-8-6-5-7-12(13)2/h5-8,14-15H,9-11H2,1-2H3. The molecule has 0 aromatic heterocycles. The van der Waals surface area contributed by atoms with Gasteiger partial charge < -0.3 is 5.11 Å². The van der Waals surface area contributed by atoms with Crippen LogP contribution in [-0.2, 0) is 6.42 Å². The summed E-state index contributed by atoms with van der Waals surface area (Å²) in [6.45, 7) is 3.90. The molecule has 1 aromatic rings. The fourth-order valence-corrected chi connectivity index (χ4v) is 1.53. The summed E-state index contributed by atoms with van der Waals surface area (Å²) in [5.41, 5.74) is 2.62. The van der Waals surface area contributed by atoms with Gasteiger partial charge in [-0.2, -0.15) is 0 Å². The first-order valence-electron chi connectivity index (χ1n) is 5.36. The fourth-order valence-electron chi connectivity index (χ4n) is 1.53. The highest BCUT2D eigenvalue weighted by Crippen LogP contribution is 2.11. The molecule has 15 heavy (non-hydrogen) atoms. The molecule has 1 unspecified atom stereocenters. The van der Waals surface area contributed by atoms with Crippen molar-refractivity contribution in [2.45, 2.75) is 39.2 Å². The Balaban J connectivity index is 2.42. The van der Waals surface area contributed by atoms with Gasteiger partial charge in [0.2, 0.25) is 0 Å². The Morgan fingerprint density at radius 2 is 2.07 bits per heavy atom. The Morgan fingerprint density at radius 3 is 2.73 bits per heavy atom. The van der Waals surface area contributed by atoms with Crippen molar-refractivity contribution in [3.8, 4) is 11.8 Å². The number of aryl methyl sites for hydroxylation is 2. The average molecular weight is 202 g/mol. The second-order valence-corrected chi connectivity index (χ2v) is 3.75. The first-order valence-corrected chi connectivity index (χ1v) is 5.36. The minimum absolute atomic E-state index is 0.294. The Kier molecular flexibility index (Phi) is 4.93. The summed E-state index contributed by atoms with van der Waals surface area (Å²) < 4.78 is 0. The predicted molar refractivity (Wildman–Crippen MR) is 63.6 cm³/mol. The summed E-state index contributed by atoms with van der Waals surface area (Å²) in [7, 11) is 0. The second kappa shape index (κ2) is 6.27. The maximum absolute atomic E-state index is 9.63. The third-order valence-electron chi connectivity index (χ3n) is 2.52. The van der Waals surface area contributed by atoms with Crippen LogP contribution in [0.3, 0.4) is 0 Å². The quantitative estimate of drug-likeness (QED) is 0.744. The Bertz CT molecular complexity index is 357. The third kappa shape index (κ3) is 4.18. The molecular formula is C14H18O. The van der Waals surface area contributed by atoms with E-state index in [1.165, 1.54) is 11.1 Å². The Hall–Kier alpha value is -1.26. The van der Waals surface area contributed by atoms with Crippen molar-refractivity contribution in [3.05, 3.63) is 35.4 Å². The number of hydrogen-bond acceptors (Lipinski definition) is 1. The lowest BCUT2D eigenvalue weighted by Gasteiger charge is -2.08. The molecule has 1 nitrogen and oxygen atoms in total. The normalized spacial score (nSPS) is 11.7. The molecule has 0 amide bonds. The SMILES string of the molecule is CC#CCC(O)CCc1ccccc1C. The van der Waals surface area contributed by atoms with E-state index in [0.29, 0.717) is 6.42 Å². The molecule has 0 radical (unpaired) electrons. The van der Waals surface area contributed by atoms with E-state index < -0.39 is 0 Å². The van der Waals surface area contributed by atoms with E-state index in [9.17, 15) is 5.11 Å². The molecule has 0 saturated carbocycles. The summed E-state index contributed by atoms with van der Waals surface area (Å²) in [5, 5.41) is 9.63. The number of rotatable bonds is 4. The van der Waals surface area contributed by atoms with E-state index in [0.717, 1.165) is 12.8 Å². The van der Waals surface area contributed by atoms with E-state index in [2.05, 4.69) is 30.9 Å². The molecule has 0 aliphatic carbocycles. The molecule has 1 rings (SSSR count). The van der Waals surface area contributed by atoms with Crippen LogP contribution in [0.1, 0.15) is 30.9 Å². The van der Waals surface area contributed by atoms with Gasteiger partial charge in [0.05, 0.1) is 6.10 Å². The molecule has 0 saturated heterocycles. The van der Waals surface area contributed by atoms with Crippen molar-refractivity contribution in [3.63, 3.8) is 0 Å². The summed E-state index contributed by atoms with van der Waals surface area (Å²) in [6.07, 6.45) is 2.01. The van der Waals surface area contributed by atoms with Crippen LogP contribution >= 0.6 is 0 Å². The molecule has 0 spiro atoms. The molecule has 0 aliphatic heterocycles. The van der Waals surface area contributed by atoms with Crippen LogP contribution < -0.4 is 0 Å². The smallest absolute Gasteiger partial charge is 0.0652 e. The zero-order chi connectivity index (χ0) is 11.1. The number of aliphatic hydroxyl groups is 1. The second-order valence-electron chi connectivity index (χ2n) is 3.75. The molecule has 0 bridgehead atoms. The van der Waals surface area contributed by atoms with Crippen LogP contribution in [0.15, 0.2) is 24.3 Å². The highest BCUT2D eigenvalue weighted by atomic mass is 16.3. The number of hydrogen-bond donors (Lipinski definition) is 1. The van der Waals surface area contributed by atoms with E-state index in [1.807, 2.05) is 12.1 Å². The first-order chi connectivity index (χ1) is 7.24. The van der Waals surface area contributed by atoms with Gasteiger partial charge in [0.1, 0.15) is 0 Å². The van der Waals surface area contributed by atoms with Crippen LogP contribution in [0.2, 0.25) is 0 Å². The highest BCUT2D eigenvalue weighted by Gasteiger charge is 2.03. The molecule has 1 N–H and O–H groups in total. The van der Waals surface area contributed by atoms with Crippen LogP contribution in [0.25, 0.3) is 0 Å². The van der Waals surface area contributed by atoms with Crippen molar-refractivity contribution in [1.29, 1.82) is 0 Å². The molecule has 1 heteroatoms. The maximum Gasteiger partial charge on any atom is 0.0652 e. The topological polar surface area (TPSA) is 20.2 Å². The van der Waals surface area contributed by atoms with Gasteiger partial charge in [0.25, 0.3) is 0 Å². The molecule has 0 aliphatic rings. The lowest BCUT2D eigenvalue weighted by Crippen LogP contribution is -2.07. The Labute approximate surface area is 92.1 Å². The molecular weight excluding hydrogens is 184 g/mol. The largest absolute Gasteiger partial charge is 0.392 e. The Morgan fingerprint density at radius 1 is 1.33 bits per heavy atom. The molecule has 1 atom stereocenters. The van der Waals surface area contributed by atoms with Crippen molar-refractivity contribution in [2.75, 3.05) is 0 Å². The minimum atomic E-state index is -0.294. The van der Waals surface area contributed by atoms with E-state index in [-0.39, 0.29) is 6.10 Å². The molecule has 0 heterocycles. The van der Waals surface area contributed by atoms with Crippen molar-refractivity contribution in [2.24, 2.45) is 0 Å².